The molecule has 1 aromatic heterocycles. The molecule has 0 bridgehead atoms. The van der Waals surface area contributed by atoms with Crippen molar-refractivity contribution in [1.29, 1.82) is 0 Å². The van der Waals surface area contributed by atoms with E-state index in [-0.39, 0.29) is 0 Å². The van der Waals surface area contributed by atoms with Crippen LogP contribution in [0.25, 0.3) is 10.1 Å². The molecule has 72 valence electrons. The monoisotopic (exact) mass is 225 g/mol. The number of rotatable bonds is 1. The smallest absolute Gasteiger partial charge is 0.423 e. The molecule has 0 saturated carbocycles. The van der Waals surface area contributed by atoms with Crippen LogP contribution in [0.5, 0.6) is 0 Å². The van der Waals surface area contributed by atoms with Crippen molar-refractivity contribution < 1.29 is 10.0 Å². The Morgan fingerprint density at radius 2 is 2.00 bits per heavy atom. The summed E-state index contributed by atoms with van der Waals surface area (Å²) in [5.41, 5.74) is 6.58. The van der Waals surface area contributed by atoms with Crippen LogP contribution >= 0.6 is 24.0 Å². The fourth-order valence-corrected chi connectivity index (χ4v) is 2.70. The molecule has 1 aromatic carbocycles. The van der Waals surface area contributed by atoms with Crippen molar-refractivity contribution in [3.63, 3.8) is 0 Å². The highest BCUT2D eigenvalue weighted by Crippen LogP contribution is 2.28. The highest BCUT2D eigenvalue weighted by Gasteiger charge is 2.16. The summed E-state index contributed by atoms with van der Waals surface area (Å²) in [6, 6.07) is 5.16. The molecule has 0 atom stereocenters. The number of hydrogen-bond acceptors (Lipinski definition) is 5. The molecular formula is C8H8BNO2S2. The predicted octanol–water partition coefficient (Wildman–Crippen LogP) is 0.452. The first-order chi connectivity index (χ1) is 6.58. The number of thiol groups is 1. The fourth-order valence-electron chi connectivity index (χ4n) is 1.39. The van der Waals surface area contributed by atoms with Gasteiger partial charge in [0.05, 0.1) is 4.21 Å². The lowest BCUT2D eigenvalue weighted by atomic mass is 9.78. The Morgan fingerprint density at radius 3 is 2.64 bits per heavy atom. The first-order valence-corrected chi connectivity index (χ1v) is 5.22. The Bertz CT molecular complexity index is 483. The van der Waals surface area contributed by atoms with Gasteiger partial charge in [0.25, 0.3) is 0 Å². The minimum absolute atomic E-state index is 0.427. The third-order valence-electron chi connectivity index (χ3n) is 1.96. The largest absolute Gasteiger partial charge is 0.489 e. The van der Waals surface area contributed by atoms with Gasteiger partial charge < -0.3 is 15.8 Å². The van der Waals surface area contributed by atoms with Crippen LogP contribution in [-0.4, -0.2) is 17.2 Å². The maximum atomic E-state index is 9.14. The lowest BCUT2D eigenvalue weighted by Crippen LogP contribution is -2.30. The summed E-state index contributed by atoms with van der Waals surface area (Å²) in [7, 11) is -1.50. The molecule has 0 aliphatic rings. The molecule has 6 heteroatoms. The van der Waals surface area contributed by atoms with Gasteiger partial charge in [0.1, 0.15) is 0 Å². The van der Waals surface area contributed by atoms with Crippen molar-refractivity contribution >= 4 is 52.3 Å². The van der Waals surface area contributed by atoms with Gasteiger partial charge in [0.15, 0.2) is 0 Å². The summed E-state index contributed by atoms with van der Waals surface area (Å²) in [6.07, 6.45) is 0. The highest BCUT2D eigenvalue weighted by atomic mass is 32.2. The van der Waals surface area contributed by atoms with Gasteiger partial charge >= 0.3 is 7.12 Å². The highest BCUT2D eigenvalue weighted by molar-refractivity contribution is 7.83. The van der Waals surface area contributed by atoms with E-state index in [4.69, 9.17) is 15.8 Å². The van der Waals surface area contributed by atoms with Gasteiger partial charge in [-0.05, 0) is 29.0 Å². The second kappa shape index (κ2) is 3.47. The van der Waals surface area contributed by atoms with Crippen LogP contribution in [0, 0.1) is 0 Å². The molecule has 0 unspecified atom stereocenters. The Hall–Kier alpha value is -0.685. The van der Waals surface area contributed by atoms with Crippen LogP contribution in [0.15, 0.2) is 22.4 Å². The molecule has 0 aliphatic heterocycles. The molecule has 3 nitrogen and oxygen atoms in total. The van der Waals surface area contributed by atoms with Gasteiger partial charge in [-0.25, -0.2) is 0 Å². The maximum absolute atomic E-state index is 9.14. The van der Waals surface area contributed by atoms with Crippen LogP contribution in [0.4, 0.5) is 5.69 Å². The van der Waals surface area contributed by atoms with Crippen LogP contribution < -0.4 is 11.2 Å². The van der Waals surface area contributed by atoms with Crippen LogP contribution in [0.3, 0.4) is 0 Å². The number of nitrogen functional groups attached to an aromatic ring is 1. The molecule has 0 fully saturated rings. The maximum Gasteiger partial charge on any atom is 0.489 e. The van der Waals surface area contributed by atoms with E-state index in [9.17, 15) is 0 Å². The molecule has 0 saturated heterocycles. The molecule has 0 amide bonds. The third-order valence-corrected chi connectivity index (χ3v) is 3.24. The van der Waals surface area contributed by atoms with Crippen LogP contribution in [-0.2, 0) is 0 Å². The van der Waals surface area contributed by atoms with Crippen molar-refractivity contribution in [2.75, 3.05) is 5.73 Å². The zero-order valence-electron chi connectivity index (χ0n) is 7.14. The number of nitrogens with two attached hydrogens (primary N) is 1. The summed E-state index contributed by atoms with van der Waals surface area (Å²) in [5.74, 6) is 0. The van der Waals surface area contributed by atoms with E-state index in [1.807, 2.05) is 0 Å². The van der Waals surface area contributed by atoms with E-state index in [0.717, 1.165) is 14.3 Å². The van der Waals surface area contributed by atoms with Crippen molar-refractivity contribution in [2.45, 2.75) is 4.21 Å². The van der Waals surface area contributed by atoms with Crippen LogP contribution in [0.2, 0.25) is 0 Å². The lowest BCUT2D eigenvalue weighted by molar-refractivity contribution is 0.426. The van der Waals surface area contributed by atoms with E-state index in [1.54, 1.807) is 18.2 Å². The van der Waals surface area contributed by atoms with Gasteiger partial charge in [0, 0.05) is 10.4 Å². The molecule has 14 heavy (non-hydrogen) atoms. The molecule has 0 aliphatic carbocycles. The normalized spacial score (nSPS) is 10.8. The number of fused-ring (bicyclic) bond motifs is 1. The number of hydrogen-bond donors (Lipinski definition) is 4. The van der Waals surface area contributed by atoms with Gasteiger partial charge in [-0.3, -0.25) is 0 Å². The summed E-state index contributed by atoms with van der Waals surface area (Å²) in [4.78, 5) is 0. The predicted molar refractivity (Wildman–Crippen MR) is 63.3 cm³/mol. The zero-order chi connectivity index (χ0) is 10.3. The van der Waals surface area contributed by atoms with Crippen LogP contribution in [0.1, 0.15) is 0 Å². The first kappa shape index (κ1) is 9.85. The van der Waals surface area contributed by atoms with E-state index in [2.05, 4.69) is 12.6 Å². The molecule has 0 spiro atoms. The molecule has 2 rings (SSSR count). The average molecular weight is 225 g/mol. The Labute approximate surface area is 90.7 Å². The van der Waals surface area contributed by atoms with E-state index < -0.39 is 7.12 Å². The fraction of sp³-hybridized carbons (Fsp3) is 0. The first-order valence-electron chi connectivity index (χ1n) is 3.96. The summed E-state index contributed by atoms with van der Waals surface area (Å²) in [5, 5.41) is 19.1. The molecule has 2 aromatic rings. The SMILES string of the molecule is Nc1cc(B(O)O)c2cc(S)sc2c1. The average Bonchev–Trinajstić information content (AvgIpc) is 2.42. The van der Waals surface area contributed by atoms with Crippen molar-refractivity contribution in [3.8, 4) is 0 Å². The summed E-state index contributed by atoms with van der Waals surface area (Å²) >= 11 is 5.67. The molecule has 4 N–H and O–H groups in total. The van der Waals surface area contributed by atoms with E-state index >= 15 is 0 Å². The van der Waals surface area contributed by atoms with E-state index in [0.29, 0.717) is 11.2 Å². The molecular weight excluding hydrogens is 217 g/mol. The van der Waals surface area contributed by atoms with Crippen molar-refractivity contribution in [2.24, 2.45) is 0 Å². The minimum Gasteiger partial charge on any atom is -0.423 e. The van der Waals surface area contributed by atoms with E-state index in [1.165, 1.54) is 11.3 Å². The number of thiophene rings is 1. The van der Waals surface area contributed by atoms with Gasteiger partial charge in [0.2, 0.25) is 0 Å². The topological polar surface area (TPSA) is 66.5 Å². The van der Waals surface area contributed by atoms with Crippen molar-refractivity contribution in [1.82, 2.24) is 0 Å². The van der Waals surface area contributed by atoms with Gasteiger partial charge in [-0.2, -0.15) is 0 Å². The van der Waals surface area contributed by atoms with Crippen molar-refractivity contribution in [3.05, 3.63) is 18.2 Å². The number of anilines is 1. The lowest BCUT2D eigenvalue weighted by Gasteiger charge is -2.02. The standard InChI is InChI=1S/C8H8BNO2S2/c10-4-1-6(9(11)12)5-3-8(13)14-7(5)2-4/h1-3,11-13H,10H2. The zero-order valence-corrected chi connectivity index (χ0v) is 8.85. The molecule has 0 radical (unpaired) electrons. The number of benzene rings is 1. The second-order valence-electron chi connectivity index (χ2n) is 2.98. The third kappa shape index (κ3) is 1.61. The Morgan fingerprint density at radius 1 is 1.29 bits per heavy atom. The summed E-state index contributed by atoms with van der Waals surface area (Å²) < 4.78 is 1.74. The van der Waals surface area contributed by atoms with Gasteiger partial charge in [-0.1, -0.05) is 0 Å². The minimum atomic E-state index is -1.50. The molecule has 1 heterocycles. The quantitative estimate of drug-likeness (QED) is 0.323. The summed E-state index contributed by atoms with van der Waals surface area (Å²) in [6.45, 7) is 0. The second-order valence-corrected chi connectivity index (χ2v) is 4.85. The van der Waals surface area contributed by atoms with Gasteiger partial charge in [-0.15, -0.1) is 24.0 Å². The Kier molecular flexibility index (Phi) is 2.44. The Balaban J connectivity index is 2.79.